The van der Waals surface area contributed by atoms with Crippen LogP contribution in [0.2, 0.25) is 0 Å². The van der Waals surface area contributed by atoms with Crippen molar-refractivity contribution in [3.05, 3.63) is 59.9 Å². The molecule has 1 heterocycles. The molecular formula is C15H16F2N2O. The molecule has 0 radical (unpaired) electrons. The van der Waals surface area contributed by atoms with Crippen molar-refractivity contribution in [3.63, 3.8) is 0 Å². The minimum atomic E-state index is -2.80. The average molecular weight is 278 g/mol. The standard InChI is InChI=1S/C15H16F2N2O/c1-11(19-10-12-4-3-7-18-9-12)13-5-2-6-14(8-13)20-15(16)17/h2-9,11,15,19H,10H2,1H3. The maximum absolute atomic E-state index is 12.2. The van der Waals surface area contributed by atoms with Gasteiger partial charge in [-0.1, -0.05) is 18.2 Å². The van der Waals surface area contributed by atoms with Crippen LogP contribution in [0.3, 0.4) is 0 Å². The predicted molar refractivity (Wildman–Crippen MR) is 72.6 cm³/mol. The second kappa shape index (κ2) is 6.96. The Morgan fingerprint density at radius 2 is 2.10 bits per heavy atom. The van der Waals surface area contributed by atoms with Crippen LogP contribution in [-0.4, -0.2) is 11.6 Å². The molecule has 1 aromatic carbocycles. The van der Waals surface area contributed by atoms with Crippen LogP contribution in [0, 0.1) is 0 Å². The number of nitrogens with zero attached hydrogens (tertiary/aromatic N) is 1. The molecular weight excluding hydrogens is 262 g/mol. The highest BCUT2D eigenvalue weighted by Gasteiger charge is 2.08. The lowest BCUT2D eigenvalue weighted by molar-refractivity contribution is -0.0499. The van der Waals surface area contributed by atoms with E-state index in [1.54, 1.807) is 24.5 Å². The van der Waals surface area contributed by atoms with Gasteiger partial charge in [0.1, 0.15) is 5.75 Å². The van der Waals surface area contributed by atoms with Gasteiger partial charge in [0, 0.05) is 25.0 Å². The van der Waals surface area contributed by atoms with Crippen molar-refractivity contribution in [2.45, 2.75) is 26.1 Å². The van der Waals surface area contributed by atoms with Gasteiger partial charge in [-0.05, 0) is 36.2 Å². The molecule has 0 aliphatic carbocycles. The SMILES string of the molecule is CC(NCc1cccnc1)c1cccc(OC(F)F)c1. The van der Waals surface area contributed by atoms with Crippen LogP contribution in [0.1, 0.15) is 24.1 Å². The fraction of sp³-hybridized carbons (Fsp3) is 0.267. The summed E-state index contributed by atoms with van der Waals surface area (Å²) in [5.41, 5.74) is 1.96. The van der Waals surface area contributed by atoms with Gasteiger partial charge in [0.15, 0.2) is 0 Å². The number of aromatic nitrogens is 1. The second-order valence-corrected chi connectivity index (χ2v) is 4.41. The number of ether oxygens (including phenoxy) is 1. The van der Waals surface area contributed by atoms with E-state index in [0.717, 1.165) is 11.1 Å². The van der Waals surface area contributed by atoms with E-state index in [-0.39, 0.29) is 11.8 Å². The zero-order valence-electron chi connectivity index (χ0n) is 11.1. The molecule has 0 amide bonds. The first-order valence-electron chi connectivity index (χ1n) is 6.32. The molecule has 0 spiro atoms. The minimum Gasteiger partial charge on any atom is -0.435 e. The smallest absolute Gasteiger partial charge is 0.387 e. The van der Waals surface area contributed by atoms with E-state index in [1.165, 1.54) is 6.07 Å². The van der Waals surface area contributed by atoms with E-state index in [0.29, 0.717) is 6.54 Å². The number of nitrogens with one attached hydrogen (secondary N) is 1. The molecule has 1 aromatic heterocycles. The molecule has 20 heavy (non-hydrogen) atoms. The van der Waals surface area contributed by atoms with Crippen molar-refractivity contribution in [2.24, 2.45) is 0 Å². The van der Waals surface area contributed by atoms with Crippen molar-refractivity contribution in [1.82, 2.24) is 10.3 Å². The van der Waals surface area contributed by atoms with E-state index >= 15 is 0 Å². The fourth-order valence-electron chi connectivity index (χ4n) is 1.85. The van der Waals surface area contributed by atoms with Gasteiger partial charge in [0.05, 0.1) is 0 Å². The van der Waals surface area contributed by atoms with Crippen LogP contribution < -0.4 is 10.1 Å². The summed E-state index contributed by atoms with van der Waals surface area (Å²) in [7, 11) is 0. The van der Waals surface area contributed by atoms with Gasteiger partial charge in [-0.15, -0.1) is 0 Å². The van der Waals surface area contributed by atoms with Crippen molar-refractivity contribution >= 4 is 0 Å². The Balaban J connectivity index is 1.96. The van der Waals surface area contributed by atoms with Crippen LogP contribution in [0.15, 0.2) is 48.8 Å². The molecule has 5 heteroatoms. The summed E-state index contributed by atoms with van der Waals surface area (Å²) in [5, 5.41) is 3.31. The molecule has 0 aliphatic heterocycles. The lowest BCUT2D eigenvalue weighted by Crippen LogP contribution is -2.18. The van der Waals surface area contributed by atoms with Gasteiger partial charge >= 0.3 is 6.61 Å². The van der Waals surface area contributed by atoms with Crippen molar-refractivity contribution in [3.8, 4) is 5.75 Å². The zero-order chi connectivity index (χ0) is 14.4. The molecule has 0 saturated carbocycles. The first kappa shape index (κ1) is 14.4. The zero-order valence-corrected chi connectivity index (χ0v) is 11.1. The van der Waals surface area contributed by atoms with Crippen LogP contribution in [0.5, 0.6) is 5.75 Å². The van der Waals surface area contributed by atoms with E-state index in [2.05, 4.69) is 15.0 Å². The number of rotatable bonds is 6. The monoisotopic (exact) mass is 278 g/mol. The normalized spacial score (nSPS) is 12.4. The number of halogens is 2. The summed E-state index contributed by atoms with van der Waals surface area (Å²) < 4.78 is 28.8. The maximum Gasteiger partial charge on any atom is 0.387 e. The van der Waals surface area contributed by atoms with Gasteiger partial charge in [-0.25, -0.2) is 0 Å². The Hall–Kier alpha value is -2.01. The van der Waals surface area contributed by atoms with Crippen LogP contribution in [-0.2, 0) is 6.54 Å². The molecule has 0 fully saturated rings. The van der Waals surface area contributed by atoms with Crippen molar-refractivity contribution in [2.75, 3.05) is 0 Å². The highest BCUT2D eigenvalue weighted by Crippen LogP contribution is 2.20. The van der Waals surface area contributed by atoms with E-state index < -0.39 is 6.61 Å². The third-order valence-electron chi connectivity index (χ3n) is 2.92. The first-order chi connectivity index (χ1) is 9.65. The van der Waals surface area contributed by atoms with Crippen molar-refractivity contribution in [1.29, 1.82) is 0 Å². The molecule has 2 rings (SSSR count). The van der Waals surface area contributed by atoms with E-state index in [9.17, 15) is 8.78 Å². The molecule has 0 aliphatic rings. The second-order valence-electron chi connectivity index (χ2n) is 4.41. The topological polar surface area (TPSA) is 34.2 Å². The molecule has 0 saturated heterocycles. The Morgan fingerprint density at radius 3 is 2.80 bits per heavy atom. The third kappa shape index (κ3) is 4.28. The van der Waals surface area contributed by atoms with Gasteiger partial charge in [-0.3, -0.25) is 4.98 Å². The van der Waals surface area contributed by atoms with E-state index in [4.69, 9.17) is 0 Å². The molecule has 1 N–H and O–H groups in total. The molecule has 106 valence electrons. The molecule has 1 unspecified atom stereocenters. The Labute approximate surface area is 116 Å². The molecule has 3 nitrogen and oxygen atoms in total. The maximum atomic E-state index is 12.2. The molecule has 1 atom stereocenters. The third-order valence-corrected chi connectivity index (χ3v) is 2.92. The molecule has 2 aromatic rings. The summed E-state index contributed by atoms with van der Waals surface area (Å²) in [4.78, 5) is 4.04. The Bertz CT molecular complexity index is 534. The van der Waals surface area contributed by atoms with Gasteiger partial charge in [0.25, 0.3) is 0 Å². The first-order valence-corrected chi connectivity index (χ1v) is 6.32. The Kier molecular flexibility index (Phi) is 5.01. The largest absolute Gasteiger partial charge is 0.435 e. The predicted octanol–water partition coefficient (Wildman–Crippen LogP) is 3.53. The summed E-state index contributed by atoms with van der Waals surface area (Å²) >= 11 is 0. The highest BCUT2D eigenvalue weighted by molar-refractivity contribution is 5.30. The van der Waals surface area contributed by atoms with E-state index in [1.807, 2.05) is 25.1 Å². The number of hydrogen-bond acceptors (Lipinski definition) is 3. The summed E-state index contributed by atoms with van der Waals surface area (Å²) in [5.74, 6) is 0.174. The van der Waals surface area contributed by atoms with Gasteiger partial charge in [-0.2, -0.15) is 8.78 Å². The fourth-order valence-corrected chi connectivity index (χ4v) is 1.85. The quantitative estimate of drug-likeness (QED) is 0.877. The highest BCUT2D eigenvalue weighted by atomic mass is 19.3. The molecule has 0 bridgehead atoms. The van der Waals surface area contributed by atoms with Crippen LogP contribution in [0.4, 0.5) is 8.78 Å². The van der Waals surface area contributed by atoms with Crippen molar-refractivity contribution < 1.29 is 13.5 Å². The lowest BCUT2D eigenvalue weighted by Gasteiger charge is -2.15. The lowest BCUT2D eigenvalue weighted by atomic mass is 10.1. The Morgan fingerprint density at radius 1 is 1.25 bits per heavy atom. The van der Waals surface area contributed by atoms with Gasteiger partial charge < -0.3 is 10.1 Å². The summed E-state index contributed by atoms with van der Waals surface area (Å²) in [6.45, 7) is -0.170. The van der Waals surface area contributed by atoms with Crippen LogP contribution >= 0.6 is 0 Å². The number of benzene rings is 1. The van der Waals surface area contributed by atoms with Crippen LogP contribution in [0.25, 0.3) is 0 Å². The number of pyridine rings is 1. The van der Waals surface area contributed by atoms with Gasteiger partial charge in [0.2, 0.25) is 0 Å². The summed E-state index contributed by atoms with van der Waals surface area (Å²) in [6, 6.07) is 10.6. The minimum absolute atomic E-state index is 0.0245. The number of hydrogen-bond donors (Lipinski definition) is 1. The average Bonchev–Trinajstić information content (AvgIpc) is 2.45. The number of alkyl halides is 2. The summed E-state index contributed by atoms with van der Waals surface area (Å²) in [6.07, 6.45) is 3.51.